The van der Waals surface area contributed by atoms with Crippen molar-refractivity contribution in [3.05, 3.63) is 58.5 Å². The zero-order valence-corrected chi connectivity index (χ0v) is 14.5. The molecule has 3 aromatic rings. The summed E-state index contributed by atoms with van der Waals surface area (Å²) in [5.41, 5.74) is 8.07. The molecule has 2 aromatic heterocycles. The molecular formula is C20H21N4O2. The molecule has 6 nitrogen and oxygen atoms in total. The summed E-state index contributed by atoms with van der Waals surface area (Å²) < 4.78 is 0.871. The summed E-state index contributed by atoms with van der Waals surface area (Å²) in [5, 5.41) is 1.10. The highest BCUT2D eigenvalue weighted by Gasteiger charge is 2.15. The zero-order valence-electron chi connectivity index (χ0n) is 14.5. The maximum Gasteiger partial charge on any atom is 0.325 e. The Kier molecular flexibility index (Phi) is 4.34. The minimum Gasteiger partial charge on any atom is -0.354 e. The molecule has 1 amide bonds. The van der Waals surface area contributed by atoms with Gasteiger partial charge in [-0.2, -0.15) is 0 Å². The van der Waals surface area contributed by atoms with Crippen LogP contribution in [-0.4, -0.2) is 33.6 Å². The summed E-state index contributed by atoms with van der Waals surface area (Å²) in [4.78, 5) is 29.7. The molecular weight excluding hydrogens is 328 g/mol. The van der Waals surface area contributed by atoms with Gasteiger partial charge in [0.25, 0.3) is 5.56 Å². The molecule has 4 rings (SSSR count). The summed E-state index contributed by atoms with van der Waals surface area (Å²) in [6.45, 7) is 3.16. The first-order chi connectivity index (χ1) is 12.6. The number of nitrogens with zero attached hydrogens (tertiary/aromatic N) is 2. The van der Waals surface area contributed by atoms with Crippen molar-refractivity contribution >= 4 is 16.9 Å². The van der Waals surface area contributed by atoms with E-state index in [9.17, 15) is 9.59 Å². The lowest BCUT2D eigenvalue weighted by molar-refractivity contribution is 0.221. The van der Waals surface area contributed by atoms with Crippen molar-refractivity contribution in [3.8, 4) is 11.3 Å². The van der Waals surface area contributed by atoms with Crippen molar-refractivity contribution in [3.63, 3.8) is 0 Å². The molecule has 1 aliphatic heterocycles. The van der Waals surface area contributed by atoms with Gasteiger partial charge in [-0.25, -0.2) is 9.36 Å². The molecule has 0 atom stereocenters. The number of nitrogens with two attached hydrogens (primary N) is 1. The Morgan fingerprint density at radius 2 is 2.04 bits per heavy atom. The summed E-state index contributed by atoms with van der Waals surface area (Å²) in [6.07, 6.45) is 5.08. The lowest BCUT2D eigenvalue weighted by atomic mass is 10.1. The predicted molar refractivity (Wildman–Crippen MR) is 101 cm³/mol. The second-order valence-electron chi connectivity index (χ2n) is 6.77. The van der Waals surface area contributed by atoms with E-state index in [1.165, 1.54) is 31.0 Å². The molecule has 1 saturated heterocycles. The molecule has 0 aliphatic carbocycles. The number of benzene rings is 1. The van der Waals surface area contributed by atoms with E-state index in [1.807, 2.05) is 18.2 Å². The number of aromatic nitrogens is 2. The third-order valence-electron chi connectivity index (χ3n) is 5.01. The van der Waals surface area contributed by atoms with E-state index in [0.717, 1.165) is 35.1 Å². The smallest absolute Gasteiger partial charge is 0.325 e. The van der Waals surface area contributed by atoms with Gasteiger partial charge < -0.3 is 10.7 Å². The number of likely N-dealkylation sites (tertiary alicyclic amines) is 1. The van der Waals surface area contributed by atoms with Crippen LogP contribution in [0.5, 0.6) is 0 Å². The molecule has 133 valence electrons. The normalized spacial score (nSPS) is 15.4. The van der Waals surface area contributed by atoms with E-state index in [4.69, 9.17) is 5.73 Å². The van der Waals surface area contributed by atoms with Crippen LogP contribution in [0.15, 0.2) is 41.3 Å². The molecule has 6 heteroatoms. The number of fused-ring (bicyclic) bond motifs is 1. The maximum absolute atomic E-state index is 12.5. The molecule has 1 aromatic carbocycles. The number of amides is 1. The molecule has 26 heavy (non-hydrogen) atoms. The number of hydrogen-bond acceptors (Lipinski definition) is 3. The summed E-state index contributed by atoms with van der Waals surface area (Å²) in [6, 6.07) is 11.7. The Bertz CT molecular complexity index is 1010. The Hall–Kier alpha value is -2.86. The number of rotatable bonds is 3. The number of aromatic amines is 1. The number of primary amides is 1. The number of nitrogens with one attached hydrogen (secondary N) is 1. The molecule has 0 unspecified atom stereocenters. The quantitative estimate of drug-likeness (QED) is 0.762. The van der Waals surface area contributed by atoms with Gasteiger partial charge in [0.05, 0.1) is 11.3 Å². The highest BCUT2D eigenvalue weighted by molar-refractivity contribution is 5.88. The van der Waals surface area contributed by atoms with Gasteiger partial charge in [-0.05, 0) is 49.7 Å². The minimum atomic E-state index is -0.810. The van der Waals surface area contributed by atoms with Gasteiger partial charge in [0, 0.05) is 29.7 Å². The summed E-state index contributed by atoms with van der Waals surface area (Å²) in [7, 11) is 0. The third-order valence-corrected chi connectivity index (χ3v) is 5.01. The van der Waals surface area contributed by atoms with E-state index in [-0.39, 0.29) is 0 Å². The number of pyridine rings is 1. The lowest BCUT2D eigenvalue weighted by Crippen LogP contribution is -2.31. The summed E-state index contributed by atoms with van der Waals surface area (Å²) >= 11 is 0. The van der Waals surface area contributed by atoms with Gasteiger partial charge in [0.1, 0.15) is 0 Å². The van der Waals surface area contributed by atoms with Gasteiger partial charge >= 0.3 is 6.03 Å². The average molecular weight is 349 g/mol. The van der Waals surface area contributed by atoms with Gasteiger partial charge in [-0.3, -0.25) is 9.69 Å². The van der Waals surface area contributed by atoms with Crippen LogP contribution in [0.25, 0.3) is 22.2 Å². The van der Waals surface area contributed by atoms with Crippen LogP contribution in [0.1, 0.15) is 24.8 Å². The second kappa shape index (κ2) is 6.80. The molecule has 1 radical (unpaired) electrons. The number of piperidine rings is 1. The van der Waals surface area contributed by atoms with Crippen LogP contribution < -0.4 is 11.3 Å². The van der Waals surface area contributed by atoms with Crippen molar-refractivity contribution < 1.29 is 4.79 Å². The topological polar surface area (TPSA) is 84.1 Å². The fourth-order valence-corrected chi connectivity index (χ4v) is 3.66. The van der Waals surface area contributed by atoms with Crippen molar-refractivity contribution in [1.82, 2.24) is 14.5 Å². The Labute approximate surface area is 151 Å². The highest BCUT2D eigenvalue weighted by Crippen LogP contribution is 2.26. The van der Waals surface area contributed by atoms with E-state index in [1.54, 1.807) is 6.07 Å². The van der Waals surface area contributed by atoms with Crippen molar-refractivity contribution in [2.45, 2.75) is 25.8 Å². The van der Waals surface area contributed by atoms with E-state index in [2.05, 4.69) is 22.0 Å². The standard InChI is InChI=1S/C20H21N4O2/c21-20(26)24-11-5-7-15(19(24)25)18-12-16-14(6-4-8-17(16)22-18)13-23-9-2-1-3-10-23/h4,6-8,11-12,22H,1-3,9-10,13H2,(H2,21,26). The van der Waals surface area contributed by atoms with Gasteiger partial charge in [-0.1, -0.05) is 18.6 Å². The number of carbonyl (C=O) groups excluding carboxylic acids is 1. The Morgan fingerprint density at radius 3 is 2.81 bits per heavy atom. The average Bonchev–Trinajstić information content (AvgIpc) is 3.07. The number of H-pyrrole nitrogens is 1. The van der Waals surface area contributed by atoms with Crippen LogP contribution in [0.4, 0.5) is 4.79 Å². The maximum atomic E-state index is 12.5. The number of carbonyl (C=O) groups is 1. The van der Waals surface area contributed by atoms with Gasteiger partial charge in [-0.15, -0.1) is 0 Å². The van der Waals surface area contributed by atoms with Crippen LogP contribution in [0.2, 0.25) is 0 Å². The molecule has 0 bridgehead atoms. The van der Waals surface area contributed by atoms with Gasteiger partial charge in [0.15, 0.2) is 0 Å². The van der Waals surface area contributed by atoms with E-state index in [0.29, 0.717) is 11.3 Å². The van der Waals surface area contributed by atoms with E-state index >= 15 is 0 Å². The van der Waals surface area contributed by atoms with Crippen LogP contribution in [0, 0.1) is 6.07 Å². The van der Waals surface area contributed by atoms with Crippen LogP contribution in [0.3, 0.4) is 0 Å². The first kappa shape index (κ1) is 16.6. The molecule has 3 heterocycles. The largest absolute Gasteiger partial charge is 0.354 e. The second-order valence-corrected chi connectivity index (χ2v) is 6.77. The monoisotopic (exact) mass is 349 g/mol. The predicted octanol–water partition coefficient (Wildman–Crippen LogP) is 2.71. The number of hydrogen-bond donors (Lipinski definition) is 2. The zero-order chi connectivity index (χ0) is 18.1. The van der Waals surface area contributed by atoms with Crippen molar-refractivity contribution in [1.29, 1.82) is 0 Å². The minimum absolute atomic E-state index is 0.381. The lowest BCUT2D eigenvalue weighted by Gasteiger charge is -2.26. The summed E-state index contributed by atoms with van der Waals surface area (Å²) in [5.74, 6) is 0. The SMILES string of the molecule is NC(=O)n1c[c]cc(-c2cc3c(CN4CCCCC4)cccc3[nH]2)c1=O. The fourth-order valence-electron chi connectivity index (χ4n) is 3.66. The Morgan fingerprint density at radius 1 is 1.23 bits per heavy atom. The fraction of sp³-hybridized carbons (Fsp3) is 0.300. The van der Waals surface area contributed by atoms with Gasteiger partial charge in [0.2, 0.25) is 0 Å². The third kappa shape index (κ3) is 3.04. The Balaban J connectivity index is 1.74. The van der Waals surface area contributed by atoms with Crippen LogP contribution in [-0.2, 0) is 6.54 Å². The molecule has 3 N–H and O–H groups in total. The van der Waals surface area contributed by atoms with Crippen LogP contribution >= 0.6 is 0 Å². The molecule has 0 spiro atoms. The first-order valence-electron chi connectivity index (χ1n) is 8.89. The molecule has 0 saturated carbocycles. The van der Waals surface area contributed by atoms with Crippen molar-refractivity contribution in [2.24, 2.45) is 5.73 Å². The van der Waals surface area contributed by atoms with E-state index < -0.39 is 11.6 Å². The van der Waals surface area contributed by atoms with Crippen molar-refractivity contribution in [2.75, 3.05) is 13.1 Å². The molecule has 1 fully saturated rings. The first-order valence-corrected chi connectivity index (χ1v) is 8.89. The highest BCUT2D eigenvalue weighted by atomic mass is 16.2. The molecule has 1 aliphatic rings.